The molecule has 18 heavy (non-hydrogen) atoms. The van der Waals surface area contributed by atoms with Crippen LogP contribution in [0.4, 0.5) is 11.5 Å². The second-order valence-corrected chi connectivity index (χ2v) is 4.71. The molecule has 96 valence electrons. The van der Waals surface area contributed by atoms with E-state index in [9.17, 15) is 0 Å². The van der Waals surface area contributed by atoms with E-state index >= 15 is 0 Å². The van der Waals surface area contributed by atoms with E-state index in [1.165, 1.54) is 13.0 Å². The van der Waals surface area contributed by atoms with Crippen molar-refractivity contribution in [1.29, 1.82) is 5.26 Å². The number of nitrogen functional groups attached to an aromatic ring is 1. The lowest BCUT2D eigenvalue weighted by molar-refractivity contribution is 0.345. The Labute approximate surface area is 108 Å². The maximum atomic E-state index is 9.02. The highest BCUT2D eigenvalue weighted by Crippen LogP contribution is 2.18. The summed E-state index contributed by atoms with van der Waals surface area (Å²) < 4.78 is 0. The molecule has 1 saturated heterocycles. The van der Waals surface area contributed by atoms with Crippen molar-refractivity contribution in [3.05, 3.63) is 17.8 Å². The predicted molar refractivity (Wildman–Crippen MR) is 72.1 cm³/mol. The SMILES string of the molecule is CCN1CCC(CNc2ncc(N)cc2C#N)C1. The zero-order valence-electron chi connectivity index (χ0n) is 10.7. The summed E-state index contributed by atoms with van der Waals surface area (Å²) >= 11 is 0. The average molecular weight is 245 g/mol. The van der Waals surface area contributed by atoms with Gasteiger partial charge in [0, 0.05) is 13.1 Å². The van der Waals surface area contributed by atoms with Crippen LogP contribution in [0.15, 0.2) is 12.3 Å². The van der Waals surface area contributed by atoms with E-state index in [4.69, 9.17) is 11.0 Å². The van der Waals surface area contributed by atoms with Gasteiger partial charge in [-0.1, -0.05) is 6.92 Å². The fourth-order valence-electron chi connectivity index (χ4n) is 2.31. The Morgan fingerprint density at radius 1 is 1.67 bits per heavy atom. The van der Waals surface area contributed by atoms with Crippen LogP contribution in [0.2, 0.25) is 0 Å². The van der Waals surface area contributed by atoms with E-state index < -0.39 is 0 Å². The van der Waals surface area contributed by atoms with Gasteiger partial charge in [-0.15, -0.1) is 0 Å². The van der Waals surface area contributed by atoms with E-state index in [2.05, 4.69) is 28.2 Å². The highest BCUT2D eigenvalue weighted by atomic mass is 15.1. The molecule has 1 fully saturated rings. The maximum Gasteiger partial charge on any atom is 0.144 e. The highest BCUT2D eigenvalue weighted by Gasteiger charge is 2.21. The first-order valence-corrected chi connectivity index (χ1v) is 6.34. The van der Waals surface area contributed by atoms with Gasteiger partial charge in [0.25, 0.3) is 0 Å². The van der Waals surface area contributed by atoms with Crippen molar-refractivity contribution in [2.24, 2.45) is 5.92 Å². The normalized spacial score (nSPS) is 19.7. The number of pyridine rings is 1. The molecule has 1 atom stereocenters. The Morgan fingerprint density at radius 2 is 2.50 bits per heavy atom. The Morgan fingerprint density at radius 3 is 3.17 bits per heavy atom. The summed E-state index contributed by atoms with van der Waals surface area (Å²) in [6.07, 6.45) is 2.79. The molecule has 3 N–H and O–H groups in total. The Bertz CT molecular complexity index is 451. The van der Waals surface area contributed by atoms with Crippen LogP contribution in [-0.2, 0) is 0 Å². The molecule has 0 bridgehead atoms. The third-order valence-electron chi connectivity index (χ3n) is 3.40. The minimum atomic E-state index is 0.514. The lowest BCUT2D eigenvalue weighted by atomic mass is 10.1. The lowest BCUT2D eigenvalue weighted by Crippen LogP contribution is -2.22. The van der Waals surface area contributed by atoms with Gasteiger partial charge in [-0.05, 0) is 31.5 Å². The molecule has 0 aliphatic carbocycles. The van der Waals surface area contributed by atoms with E-state index in [0.717, 1.165) is 19.6 Å². The van der Waals surface area contributed by atoms with Crippen molar-refractivity contribution in [3.8, 4) is 6.07 Å². The van der Waals surface area contributed by atoms with Crippen LogP contribution in [0, 0.1) is 17.2 Å². The minimum absolute atomic E-state index is 0.514. The zero-order chi connectivity index (χ0) is 13.0. The number of aromatic nitrogens is 1. The van der Waals surface area contributed by atoms with E-state index in [1.807, 2.05) is 0 Å². The summed E-state index contributed by atoms with van der Waals surface area (Å²) in [6, 6.07) is 3.77. The van der Waals surface area contributed by atoms with Gasteiger partial charge in [-0.25, -0.2) is 4.98 Å². The van der Waals surface area contributed by atoms with Gasteiger partial charge in [0.1, 0.15) is 11.9 Å². The number of anilines is 2. The first-order valence-electron chi connectivity index (χ1n) is 6.34. The zero-order valence-corrected chi connectivity index (χ0v) is 10.7. The summed E-state index contributed by atoms with van der Waals surface area (Å²) in [4.78, 5) is 6.62. The maximum absolute atomic E-state index is 9.02. The molecule has 5 nitrogen and oxygen atoms in total. The third-order valence-corrected chi connectivity index (χ3v) is 3.40. The number of likely N-dealkylation sites (tertiary alicyclic amines) is 1. The van der Waals surface area contributed by atoms with Gasteiger partial charge >= 0.3 is 0 Å². The van der Waals surface area contributed by atoms with Crippen molar-refractivity contribution >= 4 is 11.5 Å². The number of hydrogen-bond acceptors (Lipinski definition) is 5. The topological polar surface area (TPSA) is 78.0 Å². The van der Waals surface area contributed by atoms with Crippen molar-refractivity contribution in [2.75, 3.05) is 37.2 Å². The first-order chi connectivity index (χ1) is 8.72. The molecule has 1 aliphatic heterocycles. The van der Waals surface area contributed by atoms with Crippen LogP contribution in [0.25, 0.3) is 0 Å². The molecule has 2 rings (SSSR count). The molecule has 0 amide bonds. The van der Waals surface area contributed by atoms with Gasteiger partial charge in [-0.2, -0.15) is 5.26 Å². The van der Waals surface area contributed by atoms with Crippen LogP contribution in [0.5, 0.6) is 0 Å². The molecule has 0 spiro atoms. The predicted octanol–water partition coefficient (Wildman–Crippen LogP) is 1.29. The molecule has 0 aromatic carbocycles. The van der Waals surface area contributed by atoms with Crippen LogP contribution in [0.1, 0.15) is 18.9 Å². The fraction of sp³-hybridized carbons (Fsp3) is 0.538. The van der Waals surface area contributed by atoms with Crippen molar-refractivity contribution in [3.63, 3.8) is 0 Å². The van der Waals surface area contributed by atoms with Gasteiger partial charge < -0.3 is 16.0 Å². The van der Waals surface area contributed by atoms with Crippen molar-refractivity contribution < 1.29 is 0 Å². The lowest BCUT2D eigenvalue weighted by Gasteiger charge is -2.14. The number of rotatable bonds is 4. The van der Waals surface area contributed by atoms with Crippen LogP contribution >= 0.6 is 0 Å². The number of nitrogens with two attached hydrogens (primary N) is 1. The number of nitriles is 1. The molecule has 0 radical (unpaired) electrons. The highest BCUT2D eigenvalue weighted by molar-refractivity contribution is 5.57. The van der Waals surface area contributed by atoms with Gasteiger partial charge in [0.2, 0.25) is 0 Å². The second-order valence-electron chi connectivity index (χ2n) is 4.71. The average Bonchev–Trinajstić information content (AvgIpc) is 2.85. The monoisotopic (exact) mass is 245 g/mol. The van der Waals surface area contributed by atoms with Crippen molar-refractivity contribution in [2.45, 2.75) is 13.3 Å². The van der Waals surface area contributed by atoms with Gasteiger partial charge in [0.05, 0.1) is 17.4 Å². The molecular formula is C13H19N5. The molecule has 2 heterocycles. The fourth-order valence-corrected chi connectivity index (χ4v) is 2.31. The molecule has 0 saturated carbocycles. The molecule has 5 heteroatoms. The molecule has 1 aliphatic rings. The summed E-state index contributed by atoms with van der Waals surface area (Å²) in [6.45, 7) is 6.46. The Kier molecular flexibility index (Phi) is 4.00. The minimum Gasteiger partial charge on any atom is -0.397 e. The third kappa shape index (κ3) is 2.90. The van der Waals surface area contributed by atoms with Crippen LogP contribution in [0.3, 0.4) is 0 Å². The van der Waals surface area contributed by atoms with Crippen molar-refractivity contribution in [1.82, 2.24) is 9.88 Å². The number of hydrogen-bond donors (Lipinski definition) is 2. The van der Waals surface area contributed by atoms with Crippen LogP contribution in [-0.4, -0.2) is 36.1 Å². The van der Waals surface area contributed by atoms with Crippen LogP contribution < -0.4 is 11.1 Å². The largest absolute Gasteiger partial charge is 0.397 e. The standard InChI is InChI=1S/C13H19N5/c1-2-18-4-3-10(9-18)7-16-13-11(6-14)5-12(15)8-17-13/h5,8,10H,2-4,7,9,15H2,1H3,(H,16,17). The molecule has 1 aromatic heterocycles. The van der Waals surface area contributed by atoms with Gasteiger partial charge in [-0.3, -0.25) is 0 Å². The molecular weight excluding hydrogens is 226 g/mol. The summed E-state index contributed by atoms with van der Waals surface area (Å²) in [5, 5.41) is 12.3. The molecule has 1 aromatic rings. The van der Waals surface area contributed by atoms with Gasteiger partial charge in [0.15, 0.2) is 0 Å². The first kappa shape index (κ1) is 12.7. The van der Waals surface area contributed by atoms with E-state index in [0.29, 0.717) is 23.0 Å². The smallest absolute Gasteiger partial charge is 0.144 e. The number of nitrogens with one attached hydrogen (secondary N) is 1. The van der Waals surface area contributed by atoms with E-state index in [-0.39, 0.29) is 0 Å². The number of nitrogens with zero attached hydrogens (tertiary/aromatic N) is 3. The molecule has 1 unspecified atom stereocenters. The second kappa shape index (κ2) is 5.69. The van der Waals surface area contributed by atoms with E-state index in [1.54, 1.807) is 12.3 Å². The summed E-state index contributed by atoms with van der Waals surface area (Å²) in [7, 11) is 0. The Hall–Kier alpha value is -1.80. The Balaban J connectivity index is 1.93. The quantitative estimate of drug-likeness (QED) is 0.835. The summed E-state index contributed by atoms with van der Waals surface area (Å²) in [5.41, 5.74) is 6.65. The summed E-state index contributed by atoms with van der Waals surface area (Å²) in [5.74, 6) is 1.28.